The molecule has 1 heterocycles. The van der Waals surface area contributed by atoms with E-state index < -0.39 is 0 Å². The number of benzene rings is 1. The molecule has 1 spiro atoms. The second-order valence-corrected chi connectivity index (χ2v) is 7.40. The summed E-state index contributed by atoms with van der Waals surface area (Å²) in [6.07, 6.45) is 12.2. The van der Waals surface area contributed by atoms with Crippen LogP contribution >= 0.6 is 0 Å². The lowest BCUT2D eigenvalue weighted by atomic mass is 9.81. The van der Waals surface area contributed by atoms with Crippen LogP contribution in [0.1, 0.15) is 44.1 Å². The van der Waals surface area contributed by atoms with E-state index >= 15 is 0 Å². The molecule has 1 aromatic rings. The Morgan fingerprint density at radius 2 is 2.07 bits per heavy atom. The van der Waals surface area contributed by atoms with E-state index in [0.717, 1.165) is 29.9 Å². The number of hydrogen-bond acceptors (Lipinski definition) is 6. The first-order valence-corrected chi connectivity index (χ1v) is 9.78. The van der Waals surface area contributed by atoms with E-state index in [-0.39, 0.29) is 12.3 Å². The third-order valence-electron chi connectivity index (χ3n) is 5.39. The Bertz CT molecular complexity index is 743. The summed E-state index contributed by atoms with van der Waals surface area (Å²) < 4.78 is 16.7. The van der Waals surface area contributed by atoms with E-state index in [9.17, 15) is 0 Å². The average Bonchev–Trinajstić information content (AvgIpc) is 3.12. The van der Waals surface area contributed by atoms with Gasteiger partial charge in [-0.1, -0.05) is 31.4 Å². The number of aliphatic imine (C=N–C) groups is 2. The highest BCUT2D eigenvalue weighted by molar-refractivity contribution is 6.09. The van der Waals surface area contributed by atoms with Crippen molar-refractivity contribution in [3.63, 3.8) is 0 Å². The van der Waals surface area contributed by atoms with Gasteiger partial charge in [0, 0.05) is 23.9 Å². The van der Waals surface area contributed by atoms with Crippen molar-refractivity contribution >= 4 is 18.5 Å². The highest BCUT2D eigenvalue weighted by Crippen LogP contribution is 2.41. The van der Waals surface area contributed by atoms with Gasteiger partial charge in [0.05, 0.1) is 18.8 Å². The molecule has 6 heteroatoms. The Labute approximate surface area is 166 Å². The number of allylic oxidation sites excluding steroid dienone is 1. The van der Waals surface area contributed by atoms with Crippen molar-refractivity contribution in [2.45, 2.75) is 44.1 Å². The highest BCUT2D eigenvalue weighted by atomic mass is 16.5. The molecule has 3 rings (SSSR count). The lowest BCUT2D eigenvalue weighted by molar-refractivity contribution is -0.0250. The zero-order valence-electron chi connectivity index (χ0n) is 16.2. The number of nitriles is 1. The molecule has 1 aliphatic heterocycles. The summed E-state index contributed by atoms with van der Waals surface area (Å²) in [7, 11) is 0. The van der Waals surface area contributed by atoms with Crippen LogP contribution in [-0.4, -0.2) is 38.5 Å². The SMILES string of the molecule is C=N/C=C(\C=N/COC#N)c1ccc(OCC2COC3(CCCCC3)C2)cc1. The lowest BCUT2D eigenvalue weighted by Gasteiger charge is -2.32. The predicted octanol–water partition coefficient (Wildman–Crippen LogP) is 4.37. The van der Waals surface area contributed by atoms with Crippen molar-refractivity contribution in [1.82, 2.24) is 0 Å². The maximum Gasteiger partial charge on any atom is 0.288 e. The molecule has 1 aromatic carbocycles. The minimum absolute atomic E-state index is 0.0167. The summed E-state index contributed by atoms with van der Waals surface area (Å²) in [5.41, 5.74) is 1.85. The topological polar surface area (TPSA) is 76.2 Å². The van der Waals surface area contributed by atoms with Gasteiger partial charge in [0.15, 0.2) is 6.73 Å². The molecule has 6 nitrogen and oxygen atoms in total. The van der Waals surface area contributed by atoms with Crippen molar-refractivity contribution in [1.29, 1.82) is 5.26 Å². The second kappa shape index (κ2) is 10.0. The zero-order chi connectivity index (χ0) is 19.7. The molecule has 0 radical (unpaired) electrons. The van der Waals surface area contributed by atoms with Crippen molar-refractivity contribution in [2.75, 3.05) is 19.9 Å². The molecular formula is C22H27N3O3. The van der Waals surface area contributed by atoms with Gasteiger partial charge in [-0.25, -0.2) is 0 Å². The van der Waals surface area contributed by atoms with Crippen LogP contribution < -0.4 is 4.74 Å². The molecule has 148 valence electrons. The standard InChI is InChI=1S/C22H27N3O3/c1-24-12-20(13-25-17-26-16-23)19-5-7-21(8-6-19)27-14-18-11-22(28-15-18)9-3-2-4-10-22/h5-8,12-13,18H,1-4,9-11,14-15,17H2/b20-12+,25-13-. The van der Waals surface area contributed by atoms with Crippen LogP contribution in [0.5, 0.6) is 5.75 Å². The molecular weight excluding hydrogens is 354 g/mol. The quantitative estimate of drug-likeness (QED) is 0.381. The van der Waals surface area contributed by atoms with Crippen molar-refractivity contribution < 1.29 is 14.2 Å². The minimum Gasteiger partial charge on any atom is -0.493 e. The van der Waals surface area contributed by atoms with Crippen LogP contribution in [-0.2, 0) is 9.47 Å². The van der Waals surface area contributed by atoms with Crippen molar-refractivity contribution in [2.24, 2.45) is 15.9 Å². The van der Waals surface area contributed by atoms with Crippen LogP contribution in [0.4, 0.5) is 0 Å². The second-order valence-electron chi connectivity index (χ2n) is 7.40. The zero-order valence-corrected chi connectivity index (χ0v) is 16.2. The summed E-state index contributed by atoms with van der Waals surface area (Å²) >= 11 is 0. The molecule has 1 saturated carbocycles. The molecule has 2 aliphatic rings. The first kappa shape index (κ1) is 20.1. The fourth-order valence-electron chi connectivity index (χ4n) is 4.03. The van der Waals surface area contributed by atoms with E-state index in [0.29, 0.717) is 12.5 Å². The Morgan fingerprint density at radius 3 is 2.79 bits per heavy atom. The fraction of sp³-hybridized carbons (Fsp3) is 0.500. The van der Waals surface area contributed by atoms with Gasteiger partial charge in [0.25, 0.3) is 6.26 Å². The molecule has 0 N–H and O–H groups in total. The first-order chi connectivity index (χ1) is 13.7. The van der Waals surface area contributed by atoms with E-state index in [4.69, 9.17) is 14.7 Å². The third kappa shape index (κ3) is 5.43. The first-order valence-electron chi connectivity index (χ1n) is 9.78. The van der Waals surface area contributed by atoms with Gasteiger partial charge in [0.2, 0.25) is 0 Å². The van der Waals surface area contributed by atoms with Crippen LogP contribution in [0.15, 0.2) is 40.5 Å². The number of rotatable bonds is 8. The van der Waals surface area contributed by atoms with Gasteiger partial charge >= 0.3 is 0 Å². The van der Waals surface area contributed by atoms with E-state index in [2.05, 4.69) is 21.4 Å². The molecule has 0 bridgehead atoms. The Balaban J connectivity index is 1.52. The summed E-state index contributed by atoms with van der Waals surface area (Å²) in [5.74, 6) is 1.30. The van der Waals surface area contributed by atoms with Gasteiger partial charge in [0.1, 0.15) is 5.75 Å². The summed E-state index contributed by atoms with van der Waals surface area (Å²) in [6, 6.07) is 7.80. The molecule has 1 atom stereocenters. The number of nitrogens with zero attached hydrogens (tertiary/aromatic N) is 3. The predicted molar refractivity (Wildman–Crippen MR) is 109 cm³/mol. The Morgan fingerprint density at radius 1 is 1.29 bits per heavy atom. The Hall–Kier alpha value is -2.65. The largest absolute Gasteiger partial charge is 0.493 e. The van der Waals surface area contributed by atoms with Crippen molar-refractivity contribution in [3.05, 3.63) is 36.0 Å². The van der Waals surface area contributed by atoms with Gasteiger partial charge in [-0.3, -0.25) is 9.98 Å². The summed E-state index contributed by atoms with van der Waals surface area (Å²) in [5, 5.41) is 8.37. The van der Waals surface area contributed by atoms with Crippen LogP contribution in [0.3, 0.4) is 0 Å². The Kier molecular flexibility index (Phi) is 7.21. The smallest absolute Gasteiger partial charge is 0.288 e. The van der Waals surface area contributed by atoms with Gasteiger partial charge < -0.3 is 14.2 Å². The maximum absolute atomic E-state index is 8.37. The van der Waals surface area contributed by atoms with Crippen LogP contribution in [0, 0.1) is 17.4 Å². The molecule has 0 aromatic heterocycles. The number of hydrogen-bond donors (Lipinski definition) is 0. The average molecular weight is 381 g/mol. The fourth-order valence-corrected chi connectivity index (χ4v) is 4.03. The van der Waals surface area contributed by atoms with Gasteiger partial charge in [-0.05, 0) is 43.7 Å². The number of ether oxygens (including phenoxy) is 3. The molecule has 1 unspecified atom stereocenters. The van der Waals surface area contributed by atoms with Gasteiger partial charge in [-0.15, -0.1) is 0 Å². The molecule has 2 fully saturated rings. The summed E-state index contributed by atoms with van der Waals surface area (Å²) in [4.78, 5) is 7.85. The summed E-state index contributed by atoms with van der Waals surface area (Å²) in [6.45, 7) is 4.96. The lowest BCUT2D eigenvalue weighted by Crippen LogP contribution is -2.30. The maximum atomic E-state index is 8.37. The molecule has 28 heavy (non-hydrogen) atoms. The third-order valence-corrected chi connectivity index (χ3v) is 5.39. The normalized spacial score (nSPS) is 21.5. The van der Waals surface area contributed by atoms with Crippen LogP contribution in [0.25, 0.3) is 5.57 Å². The highest BCUT2D eigenvalue weighted by Gasteiger charge is 2.41. The monoisotopic (exact) mass is 381 g/mol. The van der Waals surface area contributed by atoms with Gasteiger partial charge in [-0.2, -0.15) is 5.26 Å². The van der Waals surface area contributed by atoms with E-state index in [1.165, 1.54) is 32.1 Å². The van der Waals surface area contributed by atoms with Crippen LogP contribution in [0.2, 0.25) is 0 Å². The molecule has 1 aliphatic carbocycles. The van der Waals surface area contributed by atoms with Crippen molar-refractivity contribution in [3.8, 4) is 12.0 Å². The molecule has 1 saturated heterocycles. The van der Waals surface area contributed by atoms with E-state index in [1.54, 1.807) is 18.7 Å². The van der Waals surface area contributed by atoms with E-state index in [1.807, 2.05) is 24.3 Å². The molecule has 0 amide bonds. The minimum atomic E-state index is -0.0167.